The highest BCUT2D eigenvalue weighted by Crippen LogP contribution is 2.15. The predicted molar refractivity (Wildman–Crippen MR) is 75.9 cm³/mol. The van der Waals surface area contributed by atoms with E-state index in [1.807, 2.05) is 0 Å². The van der Waals surface area contributed by atoms with Gasteiger partial charge >= 0.3 is 0 Å². The van der Waals surface area contributed by atoms with Crippen molar-refractivity contribution in [3.05, 3.63) is 63.2 Å². The highest BCUT2D eigenvalue weighted by molar-refractivity contribution is 6.29. The maximum Gasteiger partial charge on any atom is 0.274 e. The minimum absolute atomic E-state index is 0.0177. The number of nitro groups is 1. The number of hydrogen-bond donors (Lipinski definition) is 0. The van der Waals surface area contributed by atoms with Gasteiger partial charge in [0, 0.05) is 25.7 Å². The van der Waals surface area contributed by atoms with Gasteiger partial charge in [-0.2, -0.15) is 0 Å². The molecule has 0 aliphatic heterocycles. The molecule has 7 nitrogen and oxygen atoms in total. The molecule has 108 valence electrons. The van der Waals surface area contributed by atoms with Gasteiger partial charge in [0.05, 0.1) is 17.3 Å². The van der Waals surface area contributed by atoms with Crippen molar-refractivity contribution in [1.29, 1.82) is 0 Å². The Morgan fingerprint density at radius 1 is 1.43 bits per heavy atom. The molecule has 1 amide bonds. The van der Waals surface area contributed by atoms with Gasteiger partial charge in [0.25, 0.3) is 11.6 Å². The SMILES string of the molecule is CN(Cc1cccc([N+](=O)[O-])c1)C(=O)c1cncc(Cl)n1. The van der Waals surface area contributed by atoms with E-state index >= 15 is 0 Å². The molecule has 1 heterocycles. The van der Waals surface area contributed by atoms with Gasteiger partial charge in [0.15, 0.2) is 0 Å². The van der Waals surface area contributed by atoms with Crippen LogP contribution in [-0.2, 0) is 6.54 Å². The van der Waals surface area contributed by atoms with E-state index < -0.39 is 4.92 Å². The van der Waals surface area contributed by atoms with Crippen LogP contribution in [0.4, 0.5) is 5.69 Å². The maximum atomic E-state index is 12.2. The molecule has 0 aliphatic rings. The smallest absolute Gasteiger partial charge is 0.274 e. The van der Waals surface area contributed by atoms with Gasteiger partial charge in [0.1, 0.15) is 10.8 Å². The van der Waals surface area contributed by atoms with Crippen molar-refractivity contribution in [2.75, 3.05) is 7.05 Å². The summed E-state index contributed by atoms with van der Waals surface area (Å²) in [7, 11) is 1.57. The Labute approximate surface area is 125 Å². The maximum absolute atomic E-state index is 12.2. The lowest BCUT2D eigenvalue weighted by molar-refractivity contribution is -0.384. The normalized spacial score (nSPS) is 10.2. The second-order valence-corrected chi connectivity index (χ2v) is 4.70. The van der Waals surface area contributed by atoms with Gasteiger partial charge in [-0.15, -0.1) is 0 Å². The molecule has 0 bridgehead atoms. The lowest BCUT2D eigenvalue weighted by Gasteiger charge is -2.16. The molecule has 0 N–H and O–H groups in total. The van der Waals surface area contributed by atoms with Crippen LogP contribution >= 0.6 is 11.6 Å². The van der Waals surface area contributed by atoms with E-state index in [0.717, 1.165) is 0 Å². The van der Waals surface area contributed by atoms with Gasteiger partial charge < -0.3 is 4.90 Å². The van der Waals surface area contributed by atoms with Crippen LogP contribution in [0.1, 0.15) is 16.1 Å². The van der Waals surface area contributed by atoms with Crippen molar-refractivity contribution in [3.63, 3.8) is 0 Å². The number of halogens is 1. The third-order valence-electron chi connectivity index (χ3n) is 2.71. The summed E-state index contributed by atoms with van der Waals surface area (Å²) < 4.78 is 0. The highest BCUT2D eigenvalue weighted by Gasteiger charge is 2.15. The van der Waals surface area contributed by atoms with Gasteiger partial charge in [-0.1, -0.05) is 23.7 Å². The summed E-state index contributed by atoms with van der Waals surface area (Å²) in [6.07, 6.45) is 2.65. The highest BCUT2D eigenvalue weighted by atomic mass is 35.5. The second-order valence-electron chi connectivity index (χ2n) is 4.32. The van der Waals surface area contributed by atoms with Crippen molar-refractivity contribution in [2.24, 2.45) is 0 Å². The molecular formula is C13H11ClN4O3. The molecule has 0 radical (unpaired) electrons. The number of hydrogen-bond acceptors (Lipinski definition) is 5. The molecule has 0 saturated carbocycles. The van der Waals surface area contributed by atoms with Crippen molar-refractivity contribution in [1.82, 2.24) is 14.9 Å². The molecule has 0 atom stereocenters. The van der Waals surface area contributed by atoms with Crippen LogP contribution in [-0.4, -0.2) is 32.7 Å². The fourth-order valence-electron chi connectivity index (χ4n) is 1.75. The lowest BCUT2D eigenvalue weighted by atomic mass is 10.2. The summed E-state index contributed by atoms with van der Waals surface area (Å²) >= 11 is 5.69. The number of amides is 1. The number of carbonyl (C=O) groups is 1. The molecule has 1 aromatic carbocycles. The van der Waals surface area contributed by atoms with E-state index in [1.54, 1.807) is 19.2 Å². The monoisotopic (exact) mass is 306 g/mol. The molecule has 8 heteroatoms. The summed E-state index contributed by atoms with van der Waals surface area (Å²) in [5.74, 6) is -0.364. The molecule has 0 spiro atoms. The molecule has 1 aromatic heterocycles. The predicted octanol–water partition coefficient (Wildman–Crippen LogP) is 2.31. The summed E-state index contributed by atoms with van der Waals surface area (Å²) in [4.78, 5) is 31.5. The Morgan fingerprint density at radius 2 is 2.19 bits per heavy atom. The Hall–Kier alpha value is -2.54. The van der Waals surface area contributed by atoms with E-state index in [1.165, 1.54) is 29.4 Å². The number of nitro benzene ring substituents is 1. The summed E-state index contributed by atoms with van der Waals surface area (Å²) in [5, 5.41) is 10.9. The van der Waals surface area contributed by atoms with Crippen molar-refractivity contribution in [3.8, 4) is 0 Å². The first-order chi connectivity index (χ1) is 9.97. The Bertz CT molecular complexity index is 693. The largest absolute Gasteiger partial charge is 0.336 e. The Kier molecular flexibility index (Phi) is 4.44. The van der Waals surface area contributed by atoms with Crippen molar-refractivity contribution < 1.29 is 9.72 Å². The van der Waals surface area contributed by atoms with Crippen LogP contribution in [0, 0.1) is 10.1 Å². The zero-order valence-corrected chi connectivity index (χ0v) is 11.8. The number of rotatable bonds is 4. The summed E-state index contributed by atoms with van der Waals surface area (Å²) in [6, 6.07) is 6.10. The molecule has 2 aromatic rings. The average molecular weight is 307 g/mol. The first-order valence-corrected chi connectivity index (χ1v) is 6.31. The van der Waals surface area contributed by atoms with Gasteiger partial charge in [0.2, 0.25) is 0 Å². The van der Waals surface area contributed by atoms with Crippen LogP contribution in [0.2, 0.25) is 5.15 Å². The van der Waals surface area contributed by atoms with E-state index in [4.69, 9.17) is 11.6 Å². The molecule has 0 aliphatic carbocycles. The minimum atomic E-state index is -0.478. The first kappa shape index (κ1) is 14.9. The number of nitrogens with zero attached hydrogens (tertiary/aromatic N) is 4. The Balaban J connectivity index is 2.14. The van der Waals surface area contributed by atoms with E-state index in [2.05, 4.69) is 9.97 Å². The van der Waals surface area contributed by atoms with Crippen LogP contribution < -0.4 is 0 Å². The van der Waals surface area contributed by atoms with Crippen LogP contribution in [0.15, 0.2) is 36.7 Å². The number of carbonyl (C=O) groups excluding carboxylic acids is 1. The zero-order valence-electron chi connectivity index (χ0n) is 11.1. The van der Waals surface area contributed by atoms with Crippen LogP contribution in [0.3, 0.4) is 0 Å². The van der Waals surface area contributed by atoms with E-state index in [9.17, 15) is 14.9 Å². The standard InChI is InChI=1S/C13H11ClN4O3/c1-17(13(19)11-6-15-7-12(14)16-11)8-9-3-2-4-10(5-9)18(20)21/h2-7H,8H2,1H3. The third kappa shape index (κ3) is 3.73. The lowest BCUT2D eigenvalue weighted by Crippen LogP contribution is -2.27. The van der Waals surface area contributed by atoms with Crippen LogP contribution in [0.5, 0.6) is 0 Å². The fraction of sp³-hybridized carbons (Fsp3) is 0.154. The molecular weight excluding hydrogens is 296 g/mol. The number of aromatic nitrogens is 2. The molecule has 0 fully saturated rings. The minimum Gasteiger partial charge on any atom is -0.336 e. The average Bonchev–Trinajstić information content (AvgIpc) is 2.46. The van der Waals surface area contributed by atoms with Crippen LogP contribution in [0.25, 0.3) is 0 Å². The molecule has 0 saturated heterocycles. The quantitative estimate of drug-likeness (QED) is 0.638. The topological polar surface area (TPSA) is 89.2 Å². The zero-order chi connectivity index (χ0) is 15.4. The Morgan fingerprint density at radius 3 is 2.86 bits per heavy atom. The summed E-state index contributed by atoms with van der Waals surface area (Å²) in [5.41, 5.74) is 0.751. The third-order valence-corrected chi connectivity index (χ3v) is 2.89. The second kappa shape index (κ2) is 6.27. The van der Waals surface area contributed by atoms with E-state index in [0.29, 0.717) is 5.56 Å². The van der Waals surface area contributed by atoms with Gasteiger partial charge in [-0.05, 0) is 5.56 Å². The number of non-ortho nitro benzene ring substituents is 1. The van der Waals surface area contributed by atoms with Crippen molar-refractivity contribution in [2.45, 2.75) is 6.54 Å². The molecule has 2 rings (SSSR count). The molecule has 0 unspecified atom stereocenters. The number of benzene rings is 1. The van der Waals surface area contributed by atoms with Gasteiger partial charge in [-0.25, -0.2) is 4.98 Å². The first-order valence-electron chi connectivity index (χ1n) is 5.93. The fourth-order valence-corrected chi connectivity index (χ4v) is 1.90. The molecule has 21 heavy (non-hydrogen) atoms. The van der Waals surface area contributed by atoms with Gasteiger partial charge in [-0.3, -0.25) is 19.9 Å². The van der Waals surface area contributed by atoms with Crippen molar-refractivity contribution >= 4 is 23.2 Å². The van der Waals surface area contributed by atoms with E-state index in [-0.39, 0.29) is 29.0 Å². The summed E-state index contributed by atoms with van der Waals surface area (Å²) in [6.45, 7) is 0.217.